The van der Waals surface area contributed by atoms with Crippen LogP contribution in [0.2, 0.25) is 0 Å². The van der Waals surface area contributed by atoms with E-state index in [0.717, 1.165) is 13.1 Å². The molecule has 1 aromatic rings. The molecule has 1 atom stereocenters. The van der Waals surface area contributed by atoms with Gasteiger partial charge in [-0.2, -0.15) is 0 Å². The summed E-state index contributed by atoms with van der Waals surface area (Å²) in [5.74, 6) is 0.425. The summed E-state index contributed by atoms with van der Waals surface area (Å²) in [6, 6.07) is 6.97. The van der Waals surface area contributed by atoms with E-state index in [4.69, 9.17) is 0 Å². The standard InChI is InChI=1S/C14H20FN/c1-14(2,3)16-9-8-12(10-16)11-4-6-13(15)7-5-11/h4-7,12H,8-10H2,1-3H3/t12-/m0/s1. The number of hydrogen-bond donors (Lipinski definition) is 0. The minimum atomic E-state index is -0.144. The van der Waals surface area contributed by atoms with E-state index in [0.29, 0.717) is 5.92 Å². The summed E-state index contributed by atoms with van der Waals surface area (Å²) in [7, 11) is 0. The molecule has 88 valence electrons. The third kappa shape index (κ3) is 2.43. The summed E-state index contributed by atoms with van der Waals surface area (Å²) in [4.78, 5) is 2.50. The van der Waals surface area contributed by atoms with Crippen LogP contribution < -0.4 is 0 Å². The highest BCUT2D eigenvalue weighted by Crippen LogP contribution is 2.31. The van der Waals surface area contributed by atoms with Gasteiger partial charge in [-0.1, -0.05) is 12.1 Å². The van der Waals surface area contributed by atoms with Crippen LogP contribution in [-0.4, -0.2) is 23.5 Å². The molecule has 0 unspecified atom stereocenters. The number of benzene rings is 1. The van der Waals surface area contributed by atoms with Crippen LogP contribution in [0.25, 0.3) is 0 Å². The van der Waals surface area contributed by atoms with E-state index in [2.05, 4.69) is 25.7 Å². The Balaban J connectivity index is 2.06. The van der Waals surface area contributed by atoms with Gasteiger partial charge in [0.2, 0.25) is 0 Å². The first-order chi connectivity index (χ1) is 7.47. The first kappa shape index (κ1) is 11.6. The molecule has 2 rings (SSSR count). The van der Waals surface area contributed by atoms with Crippen LogP contribution in [-0.2, 0) is 0 Å². The van der Waals surface area contributed by atoms with Gasteiger partial charge in [-0.25, -0.2) is 4.39 Å². The Morgan fingerprint density at radius 2 is 1.81 bits per heavy atom. The van der Waals surface area contributed by atoms with Crippen LogP contribution >= 0.6 is 0 Å². The highest BCUT2D eigenvalue weighted by Gasteiger charge is 2.30. The Hall–Kier alpha value is -0.890. The normalized spacial score (nSPS) is 22.6. The predicted octanol–water partition coefficient (Wildman–Crippen LogP) is 3.41. The number of nitrogens with zero attached hydrogens (tertiary/aromatic N) is 1. The second-order valence-electron chi connectivity index (χ2n) is 5.65. The molecule has 0 aliphatic carbocycles. The number of halogens is 1. The molecule has 1 nitrogen and oxygen atoms in total. The molecular formula is C14H20FN. The summed E-state index contributed by atoms with van der Waals surface area (Å²) in [6.45, 7) is 8.99. The van der Waals surface area contributed by atoms with Gasteiger partial charge in [0.25, 0.3) is 0 Å². The van der Waals surface area contributed by atoms with Crippen molar-refractivity contribution < 1.29 is 4.39 Å². The van der Waals surface area contributed by atoms with Crippen LogP contribution in [0.4, 0.5) is 4.39 Å². The Kier molecular flexibility index (Phi) is 3.02. The van der Waals surface area contributed by atoms with Crippen LogP contribution in [0.1, 0.15) is 38.7 Å². The first-order valence-corrected chi connectivity index (χ1v) is 5.97. The molecule has 16 heavy (non-hydrogen) atoms. The molecule has 0 saturated carbocycles. The highest BCUT2D eigenvalue weighted by atomic mass is 19.1. The smallest absolute Gasteiger partial charge is 0.123 e. The fourth-order valence-electron chi connectivity index (χ4n) is 2.38. The zero-order chi connectivity index (χ0) is 11.8. The minimum Gasteiger partial charge on any atom is -0.298 e. The maximum Gasteiger partial charge on any atom is 0.123 e. The number of hydrogen-bond acceptors (Lipinski definition) is 1. The van der Waals surface area contributed by atoms with Crippen molar-refractivity contribution in [1.82, 2.24) is 4.90 Å². The third-order valence-corrected chi connectivity index (χ3v) is 3.48. The Morgan fingerprint density at radius 1 is 1.19 bits per heavy atom. The van der Waals surface area contributed by atoms with Crippen molar-refractivity contribution in [1.29, 1.82) is 0 Å². The van der Waals surface area contributed by atoms with Gasteiger partial charge >= 0.3 is 0 Å². The molecule has 2 heteroatoms. The van der Waals surface area contributed by atoms with Gasteiger partial charge in [-0.05, 0) is 57.4 Å². The van der Waals surface area contributed by atoms with E-state index in [1.54, 1.807) is 12.1 Å². The van der Waals surface area contributed by atoms with Crippen molar-refractivity contribution >= 4 is 0 Å². The van der Waals surface area contributed by atoms with Gasteiger partial charge in [0.1, 0.15) is 5.82 Å². The zero-order valence-corrected chi connectivity index (χ0v) is 10.3. The fourth-order valence-corrected chi connectivity index (χ4v) is 2.38. The lowest BCUT2D eigenvalue weighted by atomic mass is 9.98. The molecular weight excluding hydrogens is 201 g/mol. The van der Waals surface area contributed by atoms with E-state index in [9.17, 15) is 4.39 Å². The second kappa shape index (κ2) is 4.17. The molecule has 0 amide bonds. The molecule has 1 aromatic carbocycles. The van der Waals surface area contributed by atoms with Crippen LogP contribution in [0.15, 0.2) is 24.3 Å². The zero-order valence-electron chi connectivity index (χ0n) is 10.3. The van der Waals surface area contributed by atoms with Gasteiger partial charge < -0.3 is 0 Å². The molecule has 1 fully saturated rings. The maximum absolute atomic E-state index is 12.8. The average Bonchev–Trinajstić information content (AvgIpc) is 2.67. The number of rotatable bonds is 1. The van der Waals surface area contributed by atoms with Gasteiger partial charge in [-0.15, -0.1) is 0 Å². The van der Waals surface area contributed by atoms with Crippen LogP contribution in [0.3, 0.4) is 0 Å². The lowest BCUT2D eigenvalue weighted by Crippen LogP contribution is -2.39. The van der Waals surface area contributed by atoms with E-state index >= 15 is 0 Å². The molecule has 1 aliphatic rings. The van der Waals surface area contributed by atoms with Crippen molar-refractivity contribution in [3.63, 3.8) is 0 Å². The largest absolute Gasteiger partial charge is 0.298 e. The molecule has 1 heterocycles. The molecule has 0 radical (unpaired) electrons. The van der Waals surface area contributed by atoms with Crippen LogP contribution in [0, 0.1) is 5.82 Å². The molecule has 0 N–H and O–H groups in total. The summed E-state index contributed by atoms with van der Waals surface area (Å²) in [5, 5.41) is 0. The van der Waals surface area contributed by atoms with E-state index in [1.165, 1.54) is 12.0 Å². The van der Waals surface area contributed by atoms with Crippen molar-refractivity contribution in [3.8, 4) is 0 Å². The Labute approximate surface area is 97.3 Å². The highest BCUT2D eigenvalue weighted by molar-refractivity contribution is 5.22. The van der Waals surface area contributed by atoms with Crippen molar-refractivity contribution in [2.75, 3.05) is 13.1 Å². The van der Waals surface area contributed by atoms with E-state index in [1.807, 2.05) is 12.1 Å². The summed E-state index contributed by atoms with van der Waals surface area (Å²) in [6.07, 6.45) is 1.18. The van der Waals surface area contributed by atoms with Crippen molar-refractivity contribution in [2.45, 2.75) is 38.6 Å². The molecule has 0 spiro atoms. The lowest BCUT2D eigenvalue weighted by molar-refractivity contribution is 0.173. The van der Waals surface area contributed by atoms with Gasteiger partial charge in [-0.3, -0.25) is 4.90 Å². The monoisotopic (exact) mass is 221 g/mol. The average molecular weight is 221 g/mol. The Bertz CT molecular complexity index is 350. The molecule has 1 aliphatic heterocycles. The third-order valence-electron chi connectivity index (χ3n) is 3.48. The van der Waals surface area contributed by atoms with Gasteiger partial charge in [0, 0.05) is 12.1 Å². The van der Waals surface area contributed by atoms with Crippen LogP contribution in [0.5, 0.6) is 0 Å². The van der Waals surface area contributed by atoms with Crippen molar-refractivity contribution in [2.24, 2.45) is 0 Å². The topological polar surface area (TPSA) is 3.24 Å². The Morgan fingerprint density at radius 3 is 2.31 bits per heavy atom. The van der Waals surface area contributed by atoms with E-state index in [-0.39, 0.29) is 11.4 Å². The fraction of sp³-hybridized carbons (Fsp3) is 0.571. The molecule has 0 bridgehead atoms. The maximum atomic E-state index is 12.8. The van der Waals surface area contributed by atoms with Crippen molar-refractivity contribution in [3.05, 3.63) is 35.6 Å². The summed E-state index contributed by atoms with van der Waals surface area (Å²) in [5.41, 5.74) is 1.52. The first-order valence-electron chi connectivity index (χ1n) is 5.97. The summed E-state index contributed by atoms with van der Waals surface area (Å²) >= 11 is 0. The quantitative estimate of drug-likeness (QED) is 0.702. The predicted molar refractivity (Wildman–Crippen MR) is 65.1 cm³/mol. The SMILES string of the molecule is CC(C)(C)N1CC[C@H](c2ccc(F)cc2)C1. The molecule has 1 saturated heterocycles. The number of likely N-dealkylation sites (tertiary alicyclic amines) is 1. The van der Waals surface area contributed by atoms with Gasteiger partial charge in [0.15, 0.2) is 0 Å². The summed E-state index contributed by atoms with van der Waals surface area (Å²) < 4.78 is 12.8. The lowest BCUT2D eigenvalue weighted by Gasteiger charge is -2.31. The van der Waals surface area contributed by atoms with Gasteiger partial charge in [0.05, 0.1) is 0 Å². The molecule has 0 aromatic heterocycles. The van der Waals surface area contributed by atoms with E-state index < -0.39 is 0 Å². The minimum absolute atomic E-state index is 0.144. The second-order valence-corrected chi connectivity index (χ2v) is 5.65.